The number of hydrogen-bond donors (Lipinski definition) is 1. The molecule has 0 unspecified atom stereocenters. The average molecular weight is 161 g/mol. The highest BCUT2D eigenvalue weighted by Crippen LogP contribution is 1.99. The summed E-state index contributed by atoms with van der Waals surface area (Å²) in [6.07, 6.45) is 1.04. The van der Waals surface area contributed by atoms with Crippen molar-refractivity contribution in [2.24, 2.45) is 0 Å². The van der Waals surface area contributed by atoms with Gasteiger partial charge < -0.3 is 9.74 Å². The lowest BCUT2D eigenvalue weighted by atomic mass is 10.4. The van der Waals surface area contributed by atoms with E-state index in [9.17, 15) is 0 Å². The Bertz CT molecular complexity index is 93.6. The molecule has 1 N–H and O–H groups in total. The first-order chi connectivity index (χ1) is 4.48. The standard InChI is InChI=1S/C7H19NOSi/c1-7(2)8-6-10(4,5)9-3/h7-8H,6H2,1-5H3. The summed E-state index contributed by atoms with van der Waals surface area (Å²) < 4.78 is 5.36. The maximum Gasteiger partial charge on any atom is 0.199 e. The van der Waals surface area contributed by atoms with Crippen LogP contribution in [0.25, 0.3) is 0 Å². The zero-order valence-electron chi connectivity index (χ0n) is 7.69. The molecule has 0 aliphatic carbocycles. The van der Waals surface area contributed by atoms with Gasteiger partial charge in [-0.1, -0.05) is 13.8 Å². The summed E-state index contributed by atoms with van der Waals surface area (Å²) in [6, 6.07) is 0.571. The Labute approximate surface area is 65.1 Å². The molecular formula is C7H19NOSi. The summed E-state index contributed by atoms with van der Waals surface area (Å²) in [5, 5.41) is 3.37. The molecule has 0 aliphatic heterocycles. The smallest absolute Gasteiger partial charge is 0.199 e. The normalized spacial score (nSPS) is 12.6. The highest BCUT2D eigenvalue weighted by molar-refractivity contribution is 6.71. The molecule has 0 heterocycles. The maximum absolute atomic E-state index is 5.36. The molecule has 0 saturated carbocycles. The van der Waals surface area contributed by atoms with Crippen LogP contribution >= 0.6 is 0 Å². The van der Waals surface area contributed by atoms with E-state index in [0.29, 0.717) is 6.04 Å². The van der Waals surface area contributed by atoms with Crippen LogP contribution in [0.1, 0.15) is 13.8 Å². The van der Waals surface area contributed by atoms with Crippen LogP contribution in [0, 0.1) is 0 Å². The summed E-state index contributed by atoms with van der Waals surface area (Å²) in [5.74, 6) is 0. The lowest BCUT2D eigenvalue weighted by molar-refractivity contribution is 0.397. The first-order valence-corrected chi connectivity index (χ1v) is 6.88. The van der Waals surface area contributed by atoms with Crippen molar-refractivity contribution in [3.8, 4) is 0 Å². The molecule has 0 spiro atoms. The molecule has 0 fully saturated rings. The van der Waals surface area contributed by atoms with Gasteiger partial charge in [0.25, 0.3) is 0 Å². The molecule has 0 atom stereocenters. The summed E-state index contributed by atoms with van der Waals surface area (Å²) in [6.45, 7) is 8.73. The average Bonchev–Trinajstić information content (AvgIpc) is 1.85. The predicted molar refractivity (Wildman–Crippen MR) is 47.6 cm³/mol. The Balaban J connectivity index is 3.46. The van der Waals surface area contributed by atoms with Gasteiger partial charge in [0.05, 0.1) is 0 Å². The van der Waals surface area contributed by atoms with Gasteiger partial charge in [-0.25, -0.2) is 0 Å². The molecule has 0 aliphatic rings. The third-order valence-electron chi connectivity index (χ3n) is 1.49. The Morgan fingerprint density at radius 3 is 2.20 bits per heavy atom. The molecule has 2 nitrogen and oxygen atoms in total. The number of hydrogen-bond acceptors (Lipinski definition) is 2. The van der Waals surface area contributed by atoms with Crippen molar-refractivity contribution in [3.05, 3.63) is 0 Å². The van der Waals surface area contributed by atoms with Gasteiger partial charge in [0.1, 0.15) is 0 Å². The summed E-state index contributed by atoms with van der Waals surface area (Å²) in [4.78, 5) is 0. The second kappa shape index (κ2) is 4.11. The van der Waals surface area contributed by atoms with Crippen molar-refractivity contribution in [3.63, 3.8) is 0 Å². The molecule has 3 heteroatoms. The van der Waals surface area contributed by atoms with Crippen LogP contribution in [0.3, 0.4) is 0 Å². The molecule has 0 rings (SSSR count). The van der Waals surface area contributed by atoms with E-state index in [-0.39, 0.29) is 0 Å². The van der Waals surface area contributed by atoms with Crippen LogP contribution < -0.4 is 5.32 Å². The van der Waals surface area contributed by atoms with Crippen molar-refractivity contribution < 1.29 is 4.43 Å². The van der Waals surface area contributed by atoms with Gasteiger partial charge in [0, 0.05) is 19.3 Å². The van der Waals surface area contributed by atoms with Gasteiger partial charge in [-0.3, -0.25) is 0 Å². The number of rotatable bonds is 4. The summed E-state index contributed by atoms with van der Waals surface area (Å²) in [7, 11) is 0.449. The molecule has 0 amide bonds. The second-order valence-electron chi connectivity index (χ2n) is 3.50. The van der Waals surface area contributed by atoms with Gasteiger partial charge in [-0.15, -0.1) is 0 Å². The van der Waals surface area contributed by atoms with Crippen molar-refractivity contribution in [2.75, 3.05) is 13.3 Å². The fourth-order valence-electron chi connectivity index (χ4n) is 0.522. The SMILES string of the molecule is CO[Si](C)(C)CNC(C)C. The molecule has 0 bridgehead atoms. The van der Waals surface area contributed by atoms with Gasteiger partial charge in [0.2, 0.25) is 0 Å². The van der Waals surface area contributed by atoms with Crippen molar-refractivity contribution in [1.82, 2.24) is 5.32 Å². The third-order valence-corrected chi connectivity index (χ3v) is 3.65. The maximum atomic E-state index is 5.36. The van der Waals surface area contributed by atoms with E-state index in [1.54, 1.807) is 7.11 Å². The Morgan fingerprint density at radius 1 is 1.40 bits per heavy atom. The van der Waals surface area contributed by atoms with E-state index in [2.05, 4.69) is 32.3 Å². The van der Waals surface area contributed by atoms with E-state index in [4.69, 9.17) is 4.43 Å². The van der Waals surface area contributed by atoms with E-state index in [1.165, 1.54) is 0 Å². The van der Waals surface area contributed by atoms with Gasteiger partial charge in [-0.05, 0) is 13.1 Å². The highest BCUT2D eigenvalue weighted by Gasteiger charge is 2.19. The quantitative estimate of drug-likeness (QED) is 0.629. The van der Waals surface area contributed by atoms with Crippen LogP contribution in [0.5, 0.6) is 0 Å². The first kappa shape index (κ1) is 10.1. The van der Waals surface area contributed by atoms with Crippen molar-refractivity contribution in [1.29, 1.82) is 0 Å². The molecule has 10 heavy (non-hydrogen) atoms. The third kappa shape index (κ3) is 4.96. The first-order valence-electron chi connectivity index (χ1n) is 3.76. The molecule has 0 radical (unpaired) electrons. The van der Waals surface area contributed by atoms with Crippen LogP contribution in [0.4, 0.5) is 0 Å². The van der Waals surface area contributed by atoms with Crippen LogP contribution in [0.2, 0.25) is 13.1 Å². The minimum atomic E-state index is -1.35. The zero-order valence-corrected chi connectivity index (χ0v) is 8.69. The minimum absolute atomic E-state index is 0.571. The van der Waals surface area contributed by atoms with Crippen molar-refractivity contribution >= 4 is 8.32 Å². The van der Waals surface area contributed by atoms with Gasteiger partial charge >= 0.3 is 0 Å². The molecule has 62 valence electrons. The topological polar surface area (TPSA) is 21.3 Å². The minimum Gasteiger partial charge on any atom is -0.419 e. The Kier molecular flexibility index (Phi) is 4.16. The molecular weight excluding hydrogens is 142 g/mol. The predicted octanol–water partition coefficient (Wildman–Crippen LogP) is 1.38. The van der Waals surface area contributed by atoms with Crippen LogP contribution in [0.15, 0.2) is 0 Å². The monoisotopic (exact) mass is 161 g/mol. The van der Waals surface area contributed by atoms with Crippen molar-refractivity contribution in [2.45, 2.75) is 33.0 Å². The fraction of sp³-hybridized carbons (Fsp3) is 1.00. The van der Waals surface area contributed by atoms with E-state index >= 15 is 0 Å². The molecule has 0 aromatic heterocycles. The fourth-order valence-corrected chi connectivity index (χ4v) is 1.57. The largest absolute Gasteiger partial charge is 0.419 e. The summed E-state index contributed by atoms with van der Waals surface area (Å²) in [5.41, 5.74) is 0. The van der Waals surface area contributed by atoms with E-state index in [1.807, 2.05) is 0 Å². The van der Waals surface area contributed by atoms with Gasteiger partial charge in [-0.2, -0.15) is 0 Å². The van der Waals surface area contributed by atoms with Crippen LogP contribution in [-0.2, 0) is 4.43 Å². The molecule has 0 aromatic rings. The Hall–Kier alpha value is 0.137. The second-order valence-corrected chi connectivity index (χ2v) is 7.78. The zero-order chi connectivity index (χ0) is 8.20. The number of nitrogens with one attached hydrogen (secondary N) is 1. The Morgan fingerprint density at radius 2 is 1.90 bits per heavy atom. The highest BCUT2D eigenvalue weighted by atomic mass is 28.4. The van der Waals surface area contributed by atoms with Gasteiger partial charge in [0.15, 0.2) is 8.32 Å². The lowest BCUT2D eigenvalue weighted by Gasteiger charge is -2.21. The molecule has 0 aromatic carbocycles. The lowest BCUT2D eigenvalue weighted by Crippen LogP contribution is -2.44. The summed E-state index contributed by atoms with van der Waals surface area (Å²) >= 11 is 0. The van der Waals surface area contributed by atoms with E-state index in [0.717, 1.165) is 6.17 Å². The molecule has 0 saturated heterocycles. The van der Waals surface area contributed by atoms with E-state index < -0.39 is 8.32 Å². The van der Waals surface area contributed by atoms with Crippen LogP contribution in [-0.4, -0.2) is 27.6 Å².